The molecule has 1 aromatic carbocycles. The molecule has 1 aromatic heterocycles. The van der Waals surface area contributed by atoms with Gasteiger partial charge in [-0.15, -0.1) is 0 Å². The largest absolute Gasteiger partial charge is 0.504 e. The predicted octanol–water partition coefficient (Wildman–Crippen LogP) is 2.53. The number of fused-ring (bicyclic) bond motifs is 1. The Morgan fingerprint density at radius 2 is 2.00 bits per heavy atom. The summed E-state index contributed by atoms with van der Waals surface area (Å²) in [5, 5.41) is 19.0. The third kappa shape index (κ3) is 2.56. The van der Waals surface area contributed by atoms with Gasteiger partial charge in [0.05, 0.1) is 0 Å². The van der Waals surface area contributed by atoms with Gasteiger partial charge < -0.3 is 15.9 Å². The first kappa shape index (κ1) is 13.8. The van der Waals surface area contributed by atoms with Gasteiger partial charge in [-0.3, -0.25) is 0 Å². The lowest BCUT2D eigenvalue weighted by Gasteiger charge is -2.34. The van der Waals surface area contributed by atoms with E-state index in [1.165, 1.54) is 12.1 Å². The summed E-state index contributed by atoms with van der Waals surface area (Å²) >= 11 is 0. The molecule has 2 aromatic rings. The van der Waals surface area contributed by atoms with Gasteiger partial charge in [0.2, 0.25) is 0 Å². The van der Waals surface area contributed by atoms with Crippen LogP contribution in [-0.4, -0.2) is 20.2 Å². The van der Waals surface area contributed by atoms with Gasteiger partial charge in [0, 0.05) is 29.1 Å². The van der Waals surface area contributed by atoms with Crippen LogP contribution in [0.3, 0.4) is 0 Å². The molecule has 1 atom stereocenters. The van der Waals surface area contributed by atoms with E-state index in [0.29, 0.717) is 11.4 Å². The standard InChI is InChI=1S/C16H19N3O2/c1-16(2)6-11(17)10-8-18-15(19-12(10)7-16)9-3-4-13(20)14(21)5-9/h3-5,8,11,20-21H,6-7,17H2,1-2H3. The molecule has 0 spiro atoms. The zero-order valence-electron chi connectivity index (χ0n) is 12.2. The highest BCUT2D eigenvalue weighted by molar-refractivity contribution is 5.60. The van der Waals surface area contributed by atoms with E-state index in [-0.39, 0.29) is 23.0 Å². The van der Waals surface area contributed by atoms with Crippen LogP contribution in [0.5, 0.6) is 11.5 Å². The van der Waals surface area contributed by atoms with Crippen molar-refractivity contribution in [2.45, 2.75) is 32.7 Å². The van der Waals surface area contributed by atoms with Gasteiger partial charge in [-0.2, -0.15) is 0 Å². The SMILES string of the molecule is CC1(C)Cc2nc(-c3ccc(O)c(O)c3)ncc2C(N)C1. The van der Waals surface area contributed by atoms with Gasteiger partial charge in [-0.25, -0.2) is 9.97 Å². The van der Waals surface area contributed by atoms with E-state index in [9.17, 15) is 10.2 Å². The molecule has 4 N–H and O–H groups in total. The van der Waals surface area contributed by atoms with E-state index in [1.54, 1.807) is 12.3 Å². The zero-order chi connectivity index (χ0) is 15.2. The van der Waals surface area contributed by atoms with Crippen LogP contribution in [0.4, 0.5) is 0 Å². The molecule has 0 saturated carbocycles. The summed E-state index contributed by atoms with van der Waals surface area (Å²) in [7, 11) is 0. The summed E-state index contributed by atoms with van der Waals surface area (Å²) in [6, 6.07) is 4.55. The fraction of sp³-hybridized carbons (Fsp3) is 0.375. The predicted molar refractivity (Wildman–Crippen MR) is 79.8 cm³/mol. The van der Waals surface area contributed by atoms with E-state index >= 15 is 0 Å². The molecule has 5 nitrogen and oxygen atoms in total. The fourth-order valence-electron chi connectivity index (χ4n) is 2.91. The maximum absolute atomic E-state index is 9.60. The van der Waals surface area contributed by atoms with E-state index in [0.717, 1.165) is 24.1 Å². The number of aromatic nitrogens is 2. The van der Waals surface area contributed by atoms with Crippen LogP contribution >= 0.6 is 0 Å². The van der Waals surface area contributed by atoms with Gasteiger partial charge in [-0.05, 0) is 36.5 Å². The van der Waals surface area contributed by atoms with Gasteiger partial charge in [0.15, 0.2) is 17.3 Å². The van der Waals surface area contributed by atoms with Crippen molar-refractivity contribution in [2.24, 2.45) is 11.1 Å². The smallest absolute Gasteiger partial charge is 0.159 e. The molecule has 0 bridgehead atoms. The quantitative estimate of drug-likeness (QED) is 0.700. The zero-order valence-corrected chi connectivity index (χ0v) is 12.2. The Kier molecular flexibility index (Phi) is 3.10. The lowest BCUT2D eigenvalue weighted by molar-refractivity contribution is 0.278. The first-order chi connectivity index (χ1) is 9.85. The molecule has 1 unspecified atom stereocenters. The maximum atomic E-state index is 9.60. The minimum Gasteiger partial charge on any atom is -0.504 e. The van der Waals surface area contributed by atoms with Crippen LogP contribution in [0, 0.1) is 5.41 Å². The van der Waals surface area contributed by atoms with Gasteiger partial charge in [-0.1, -0.05) is 13.8 Å². The highest BCUT2D eigenvalue weighted by Gasteiger charge is 2.31. The number of phenols is 2. The second kappa shape index (κ2) is 4.70. The molecular weight excluding hydrogens is 266 g/mol. The highest BCUT2D eigenvalue weighted by Crippen LogP contribution is 2.39. The number of benzene rings is 1. The van der Waals surface area contributed by atoms with Crippen molar-refractivity contribution in [1.29, 1.82) is 0 Å². The molecule has 0 amide bonds. The number of hydrogen-bond acceptors (Lipinski definition) is 5. The minimum atomic E-state index is -0.175. The summed E-state index contributed by atoms with van der Waals surface area (Å²) in [6.07, 6.45) is 3.56. The summed E-state index contributed by atoms with van der Waals surface area (Å²) < 4.78 is 0. The maximum Gasteiger partial charge on any atom is 0.159 e. The Labute approximate surface area is 123 Å². The van der Waals surface area contributed by atoms with Crippen molar-refractivity contribution in [3.05, 3.63) is 35.7 Å². The van der Waals surface area contributed by atoms with Crippen molar-refractivity contribution >= 4 is 0 Å². The molecule has 1 aliphatic rings. The third-order valence-electron chi connectivity index (χ3n) is 3.95. The lowest BCUT2D eigenvalue weighted by Crippen LogP contribution is -2.30. The second-order valence-electron chi connectivity index (χ2n) is 6.45. The molecule has 3 rings (SSSR count). The number of hydrogen-bond donors (Lipinski definition) is 3. The van der Waals surface area contributed by atoms with E-state index in [1.807, 2.05) is 0 Å². The number of rotatable bonds is 1. The van der Waals surface area contributed by atoms with E-state index < -0.39 is 0 Å². The molecule has 0 radical (unpaired) electrons. The van der Waals surface area contributed by atoms with Crippen molar-refractivity contribution < 1.29 is 10.2 Å². The molecule has 1 aliphatic carbocycles. The Morgan fingerprint density at radius 3 is 2.71 bits per heavy atom. The molecule has 110 valence electrons. The van der Waals surface area contributed by atoms with Crippen molar-refractivity contribution in [3.63, 3.8) is 0 Å². The Balaban J connectivity index is 2.05. The topological polar surface area (TPSA) is 92.3 Å². The molecule has 5 heteroatoms. The average Bonchev–Trinajstić information content (AvgIpc) is 2.40. The number of nitrogens with zero attached hydrogens (tertiary/aromatic N) is 2. The molecule has 1 heterocycles. The Morgan fingerprint density at radius 1 is 1.24 bits per heavy atom. The number of aromatic hydroxyl groups is 2. The molecule has 0 fully saturated rings. The Bertz CT molecular complexity index is 698. The van der Waals surface area contributed by atoms with Crippen molar-refractivity contribution in [3.8, 4) is 22.9 Å². The number of nitrogens with two attached hydrogens (primary N) is 1. The molecule has 0 aliphatic heterocycles. The number of phenolic OH excluding ortho intramolecular Hbond substituents is 2. The van der Waals surface area contributed by atoms with Crippen LogP contribution in [0.2, 0.25) is 0 Å². The summed E-state index contributed by atoms with van der Waals surface area (Å²) in [5.41, 5.74) is 8.96. The fourth-order valence-corrected chi connectivity index (χ4v) is 2.91. The molecular formula is C16H19N3O2. The van der Waals surface area contributed by atoms with Gasteiger partial charge in [0.25, 0.3) is 0 Å². The van der Waals surface area contributed by atoms with Crippen molar-refractivity contribution in [2.75, 3.05) is 0 Å². The van der Waals surface area contributed by atoms with Crippen LogP contribution in [0.15, 0.2) is 24.4 Å². The van der Waals surface area contributed by atoms with E-state index in [2.05, 4.69) is 23.8 Å². The first-order valence-electron chi connectivity index (χ1n) is 6.99. The Hall–Kier alpha value is -2.14. The van der Waals surface area contributed by atoms with Gasteiger partial charge in [0.1, 0.15) is 0 Å². The minimum absolute atomic E-state index is 0.0361. The van der Waals surface area contributed by atoms with Crippen LogP contribution in [-0.2, 0) is 6.42 Å². The summed E-state index contributed by atoms with van der Waals surface area (Å²) in [5.74, 6) is 0.208. The van der Waals surface area contributed by atoms with Gasteiger partial charge >= 0.3 is 0 Å². The van der Waals surface area contributed by atoms with Crippen molar-refractivity contribution in [1.82, 2.24) is 9.97 Å². The second-order valence-corrected chi connectivity index (χ2v) is 6.45. The lowest BCUT2D eigenvalue weighted by atomic mass is 9.74. The van der Waals surface area contributed by atoms with E-state index in [4.69, 9.17) is 5.73 Å². The molecule has 21 heavy (non-hydrogen) atoms. The monoisotopic (exact) mass is 285 g/mol. The normalized spacial score (nSPS) is 20.0. The first-order valence-corrected chi connectivity index (χ1v) is 6.99. The average molecular weight is 285 g/mol. The molecule has 0 saturated heterocycles. The highest BCUT2D eigenvalue weighted by atomic mass is 16.3. The summed E-state index contributed by atoms with van der Waals surface area (Å²) in [4.78, 5) is 8.96. The summed E-state index contributed by atoms with van der Waals surface area (Å²) in [6.45, 7) is 4.37. The van der Waals surface area contributed by atoms with Crippen LogP contribution < -0.4 is 5.73 Å². The van der Waals surface area contributed by atoms with Crippen LogP contribution in [0.25, 0.3) is 11.4 Å². The van der Waals surface area contributed by atoms with Crippen LogP contribution in [0.1, 0.15) is 37.6 Å². The third-order valence-corrected chi connectivity index (χ3v) is 3.95.